The van der Waals surface area contributed by atoms with Crippen LogP contribution in [0.25, 0.3) is 0 Å². The molecule has 0 aliphatic heterocycles. The van der Waals surface area contributed by atoms with E-state index in [1.807, 2.05) is 6.07 Å². The van der Waals surface area contributed by atoms with Gasteiger partial charge in [-0.3, -0.25) is 10.1 Å². The van der Waals surface area contributed by atoms with E-state index in [9.17, 15) is 15.2 Å². The van der Waals surface area contributed by atoms with Gasteiger partial charge in [0.1, 0.15) is 12.4 Å². The van der Waals surface area contributed by atoms with E-state index < -0.39 is 11.0 Å². The Morgan fingerprint density at radius 2 is 2.05 bits per heavy atom. The number of aryl methyl sites for hydroxylation is 1. The second-order valence-electron chi connectivity index (χ2n) is 4.67. The number of nitro groups is 1. The number of aliphatic hydroxyl groups excluding tert-OH is 1. The molecule has 1 aromatic heterocycles. The first kappa shape index (κ1) is 15.5. The van der Waals surface area contributed by atoms with Crippen LogP contribution >= 0.6 is 11.3 Å². The largest absolute Gasteiger partial charge is 0.488 e. The lowest BCUT2D eigenvalue weighted by Gasteiger charge is -2.12. The monoisotopic (exact) mass is 307 g/mol. The van der Waals surface area contributed by atoms with Crippen LogP contribution in [0, 0.1) is 10.1 Å². The van der Waals surface area contributed by atoms with Crippen molar-refractivity contribution in [3.8, 4) is 5.75 Å². The maximum absolute atomic E-state index is 10.8. The zero-order chi connectivity index (χ0) is 15.4. The lowest BCUT2D eigenvalue weighted by atomic mass is 10.1. The quantitative estimate of drug-likeness (QED) is 0.650. The van der Waals surface area contributed by atoms with Gasteiger partial charge in [-0.05, 0) is 31.5 Å². The Hall–Kier alpha value is -1.92. The molecule has 1 aromatic carbocycles. The number of rotatable bonds is 6. The standard InChI is InChI=1S/C15H17NO4S/c1-3-12-5-6-13(21-12)9-20-15-7-4-11(16(18)19)8-14(15)10(2)17/h4-8,10,17H,3,9H2,1-2H3/t10-/m0/s1. The molecular formula is C15H17NO4S. The highest BCUT2D eigenvalue weighted by Gasteiger charge is 2.15. The van der Waals surface area contributed by atoms with Gasteiger partial charge in [0.15, 0.2) is 0 Å². The summed E-state index contributed by atoms with van der Waals surface area (Å²) in [6.07, 6.45) is 0.163. The third-order valence-corrected chi connectivity index (χ3v) is 4.29. The van der Waals surface area contributed by atoms with Crippen LogP contribution in [0.2, 0.25) is 0 Å². The van der Waals surface area contributed by atoms with Gasteiger partial charge in [0.05, 0.1) is 11.0 Å². The molecule has 0 saturated carbocycles. The smallest absolute Gasteiger partial charge is 0.270 e. The summed E-state index contributed by atoms with van der Waals surface area (Å²) in [6, 6.07) is 8.35. The number of aliphatic hydroxyl groups is 1. The van der Waals surface area contributed by atoms with Crippen molar-refractivity contribution in [2.24, 2.45) is 0 Å². The van der Waals surface area contributed by atoms with Crippen molar-refractivity contribution in [3.63, 3.8) is 0 Å². The summed E-state index contributed by atoms with van der Waals surface area (Å²) < 4.78 is 5.70. The van der Waals surface area contributed by atoms with Gasteiger partial charge < -0.3 is 9.84 Å². The Morgan fingerprint density at radius 3 is 2.62 bits per heavy atom. The molecule has 6 heteroatoms. The van der Waals surface area contributed by atoms with E-state index in [1.54, 1.807) is 18.3 Å². The van der Waals surface area contributed by atoms with Gasteiger partial charge in [-0.2, -0.15) is 0 Å². The highest BCUT2D eigenvalue weighted by atomic mass is 32.1. The number of nitrogens with zero attached hydrogens (tertiary/aromatic N) is 1. The van der Waals surface area contributed by atoms with Crippen molar-refractivity contribution in [2.75, 3.05) is 0 Å². The van der Waals surface area contributed by atoms with Crippen LogP contribution in [0.3, 0.4) is 0 Å². The molecule has 0 radical (unpaired) electrons. The molecule has 0 saturated heterocycles. The summed E-state index contributed by atoms with van der Waals surface area (Å²) >= 11 is 1.68. The molecule has 0 aliphatic rings. The summed E-state index contributed by atoms with van der Waals surface area (Å²) in [6.45, 7) is 4.05. The van der Waals surface area contributed by atoms with E-state index in [2.05, 4.69) is 13.0 Å². The lowest BCUT2D eigenvalue weighted by molar-refractivity contribution is -0.385. The molecule has 112 valence electrons. The normalized spacial score (nSPS) is 12.1. The second kappa shape index (κ2) is 6.69. The Kier molecular flexibility index (Phi) is 4.93. The molecule has 21 heavy (non-hydrogen) atoms. The first-order valence-electron chi connectivity index (χ1n) is 6.68. The molecule has 1 heterocycles. The van der Waals surface area contributed by atoms with Gasteiger partial charge in [0.2, 0.25) is 0 Å². The SMILES string of the molecule is CCc1ccc(COc2ccc([N+](=O)[O-])cc2[C@H](C)O)s1. The summed E-state index contributed by atoms with van der Waals surface area (Å²) in [5.74, 6) is 0.474. The Bertz CT molecular complexity index is 636. The Morgan fingerprint density at radius 1 is 1.33 bits per heavy atom. The predicted octanol–water partition coefficient (Wildman–Crippen LogP) is 3.85. The number of non-ortho nitro benzene ring substituents is 1. The Balaban J connectivity index is 2.17. The summed E-state index contributed by atoms with van der Waals surface area (Å²) in [7, 11) is 0. The fourth-order valence-electron chi connectivity index (χ4n) is 1.95. The zero-order valence-corrected chi connectivity index (χ0v) is 12.7. The van der Waals surface area contributed by atoms with Gasteiger partial charge in [-0.1, -0.05) is 6.92 Å². The van der Waals surface area contributed by atoms with Gasteiger partial charge in [0, 0.05) is 27.5 Å². The van der Waals surface area contributed by atoms with Gasteiger partial charge >= 0.3 is 0 Å². The van der Waals surface area contributed by atoms with Crippen molar-refractivity contribution >= 4 is 17.0 Å². The number of benzene rings is 1. The minimum Gasteiger partial charge on any atom is -0.488 e. The number of thiophene rings is 1. The summed E-state index contributed by atoms with van der Waals surface area (Å²) in [4.78, 5) is 12.7. The maximum atomic E-state index is 10.8. The number of nitro benzene ring substituents is 1. The van der Waals surface area contributed by atoms with E-state index in [4.69, 9.17) is 4.74 Å². The minimum atomic E-state index is -0.825. The second-order valence-corrected chi connectivity index (χ2v) is 5.92. The molecule has 0 amide bonds. The third kappa shape index (κ3) is 3.80. The highest BCUT2D eigenvalue weighted by Crippen LogP contribution is 2.30. The van der Waals surface area contributed by atoms with Crippen molar-refractivity contribution in [1.29, 1.82) is 0 Å². The van der Waals surface area contributed by atoms with Crippen LogP contribution in [-0.4, -0.2) is 10.0 Å². The van der Waals surface area contributed by atoms with Gasteiger partial charge in [0.25, 0.3) is 5.69 Å². The topological polar surface area (TPSA) is 72.6 Å². The maximum Gasteiger partial charge on any atom is 0.270 e. The fraction of sp³-hybridized carbons (Fsp3) is 0.333. The van der Waals surface area contributed by atoms with E-state index in [1.165, 1.54) is 23.1 Å². The fourth-order valence-corrected chi connectivity index (χ4v) is 2.82. The number of hydrogen-bond donors (Lipinski definition) is 1. The van der Waals surface area contributed by atoms with E-state index in [0.717, 1.165) is 11.3 Å². The number of hydrogen-bond acceptors (Lipinski definition) is 5. The van der Waals surface area contributed by atoms with E-state index >= 15 is 0 Å². The molecule has 0 unspecified atom stereocenters. The van der Waals surface area contributed by atoms with Gasteiger partial charge in [-0.25, -0.2) is 0 Å². The zero-order valence-electron chi connectivity index (χ0n) is 11.9. The van der Waals surface area contributed by atoms with Crippen LogP contribution in [0.1, 0.15) is 35.3 Å². The molecular weight excluding hydrogens is 290 g/mol. The molecule has 0 spiro atoms. The number of ether oxygens (including phenoxy) is 1. The summed E-state index contributed by atoms with van der Waals surface area (Å²) in [5.41, 5.74) is 0.374. The van der Waals surface area contributed by atoms with Crippen molar-refractivity contribution < 1.29 is 14.8 Å². The molecule has 0 aliphatic carbocycles. The average molecular weight is 307 g/mol. The lowest BCUT2D eigenvalue weighted by Crippen LogP contribution is -2.01. The molecule has 0 fully saturated rings. The average Bonchev–Trinajstić information content (AvgIpc) is 2.92. The first-order valence-corrected chi connectivity index (χ1v) is 7.49. The third-order valence-electron chi connectivity index (χ3n) is 3.09. The molecule has 2 aromatic rings. The van der Waals surface area contributed by atoms with Crippen molar-refractivity contribution in [2.45, 2.75) is 33.0 Å². The first-order chi connectivity index (χ1) is 10.0. The van der Waals surface area contributed by atoms with Crippen LogP contribution in [-0.2, 0) is 13.0 Å². The molecule has 1 atom stereocenters. The van der Waals surface area contributed by atoms with Crippen LogP contribution in [0.5, 0.6) is 5.75 Å². The van der Waals surface area contributed by atoms with Crippen LogP contribution in [0.15, 0.2) is 30.3 Å². The predicted molar refractivity (Wildman–Crippen MR) is 81.8 cm³/mol. The Labute approximate surface area is 127 Å². The molecule has 1 N–H and O–H groups in total. The summed E-state index contributed by atoms with van der Waals surface area (Å²) in [5, 5.41) is 20.5. The van der Waals surface area contributed by atoms with Crippen LogP contribution in [0.4, 0.5) is 5.69 Å². The highest BCUT2D eigenvalue weighted by molar-refractivity contribution is 7.11. The van der Waals surface area contributed by atoms with Crippen molar-refractivity contribution in [1.82, 2.24) is 0 Å². The van der Waals surface area contributed by atoms with E-state index in [-0.39, 0.29) is 5.69 Å². The van der Waals surface area contributed by atoms with Gasteiger partial charge in [-0.15, -0.1) is 11.3 Å². The molecule has 5 nitrogen and oxygen atoms in total. The van der Waals surface area contributed by atoms with Crippen LogP contribution < -0.4 is 4.74 Å². The molecule has 2 rings (SSSR count). The molecule has 0 bridgehead atoms. The minimum absolute atomic E-state index is 0.0531. The van der Waals surface area contributed by atoms with Crippen molar-refractivity contribution in [3.05, 3.63) is 55.8 Å². The van der Waals surface area contributed by atoms with E-state index in [0.29, 0.717) is 17.9 Å².